The van der Waals surface area contributed by atoms with Crippen molar-refractivity contribution in [3.05, 3.63) is 96.1 Å². The van der Waals surface area contributed by atoms with Crippen LogP contribution in [0.1, 0.15) is 15.9 Å². The summed E-state index contributed by atoms with van der Waals surface area (Å²) in [7, 11) is 0. The maximum absolute atomic E-state index is 13.2. The van der Waals surface area contributed by atoms with Crippen LogP contribution in [0.3, 0.4) is 0 Å². The summed E-state index contributed by atoms with van der Waals surface area (Å²) in [6.07, 6.45) is -4.79. The number of hydrogen-bond donors (Lipinski definition) is 0. The molecule has 0 spiro atoms. The van der Waals surface area contributed by atoms with Gasteiger partial charge in [-0.2, -0.15) is 0 Å². The van der Waals surface area contributed by atoms with E-state index < -0.39 is 6.36 Å². The van der Waals surface area contributed by atoms with E-state index in [0.717, 1.165) is 5.56 Å². The predicted molar refractivity (Wildman–Crippen MR) is 111 cm³/mol. The highest BCUT2D eigenvalue weighted by molar-refractivity contribution is 6.24. The monoisotopic (exact) mass is 417 g/mol. The first-order valence-electron chi connectivity index (χ1n) is 9.51. The molecule has 1 aliphatic carbocycles. The molecular weight excluding hydrogens is 403 g/mol. The van der Waals surface area contributed by atoms with Crippen molar-refractivity contribution in [2.75, 3.05) is 0 Å². The minimum atomic E-state index is -4.79. The molecule has 0 saturated heterocycles. The minimum absolute atomic E-state index is 0.113. The van der Waals surface area contributed by atoms with Crippen LogP contribution in [-0.4, -0.2) is 17.1 Å². The fraction of sp³-hybridized carbons (Fsp3) is 0.0400. The van der Waals surface area contributed by atoms with Crippen LogP contribution in [0.5, 0.6) is 5.75 Å². The Kier molecular flexibility index (Phi) is 4.36. The van der Waals surface area contributed by atoms with Crippen LogP contribution in [0.15, 0.2) is 84.9 Å². The zero-order valence-corrected chi connectivity index (χ0v) is 16.0. The normalized spacial score (nSPS) is 12.4. The number of hydrogen-bond acceptors (Lipinski definition) is 3. The van der Waals surface area contributed by atoms with Crippen molar-refractivity contribution in [1.82, 2.24) is 4.98 Å². The van der Waals surface area contributed by atoms with Crippen LogP contribution in [-0.2, 0) is 0 Å². The van der Waals surface area contributed by atoms with Gasteiger partial charge >= 0.3 is 6.36 Å². The lowest BCUT2D eigenvalue weighted by atomic mass is 9.96. The molecule has 0 atom stereocenters. The Morgan fingerprint density at radius 3 is 2.13 bits per heavy atom. The Balaban J connectivity index is 1.73. The number of fused-ring (bicyclic) bond motifs is 3. The Hall–Kier alpha value is -3.93. The van der Waals surface area contributed by atoms with Crippen molar-refractivity contribution in [2.24, 2.45) is 0 Å². The zero-order chi connectivity index (χ0) is 21.6. The summed E-state index contributed by atoms with van der Waals surface area (Å²) >= 11 is 0. The number of ketones is 1. The Labute approximate surface area is 175 Å². The van der Waals surface area contributed by atoms with Gasteiger partial charge in [-0.05, 0) is 29.3 Å². The molecule has 0 saturated carbocycles. The maximum Gasteiger partial charge on any atom is 0.573 e. The third-order valence-electron chi connectivity index (χ3n) is 5.12. The fourth-order valence-corrected chi connectivity index (χ4v) is 3.84. The van der Waals surface area contributed by atoms with Crippen molar-refractivity contribution >= 4 is 5.78 Å². The van der Waals surface area contributed by atoms with Crippen molar-refractivity contribution in [3.63, 3.8) is 0 Å². The average molecular weight is 417 g/mol. The van der Waals surface area contributed by atoms with Gasteiger partial charge in [0.25, 0.3) is 0 Å². The molecule has 6 heteroatoms. The number of ether oxygens (including phenoxy) is 1. The van der Waals surface area contributed by atoms with E-state index in [-0.39, 0.29) is 11.5 Å². The highest BCUT2D eigenvalue weighted by Crippen LogP contribution is 2.42. The van der Waals surface area contributed by atoms with E-state index in [9.17, 15) is 18.0 Å². The Morgan fingerprint density at radius 1 is 0.710 bits per heavy atom. The number of benzene rings is 3. The van der Waals surface area contributed by atoms with Crippen LogP contribution < -0.4 is 4.74 Å². The number of rotatable bonds is 3. The molecule has 0 N–H and O–H groups in total. The molecule has 0 radical (unpaired) electrons. The molecule has 1 aromatic heterocycles. The quantitative estimate of drug-likeness (QED) is 0.335. The van der Waals surface area contributed by atoms with Gasteiger partial charge in [0, 0.05) is 16.7 Å². The summed E-state index contributed by atoms with van der Waals surface area (Å²) in [4.78, 5) is 17.8. The Bertz CT molecular complexity index is 1310. The van der Waals surface area contributed by atoms with E-state index >= 15 is 0 Å². The lowest BCUT2D eigenvalue weighted by Crippen LogP contribution is -2.17. The minimum Gasteiger partial charge on any atom is -0.406 e. The molecule has 0 amide bonds. The van der Waals surface area contributed by atoms with Gasteiger partial charge in [-0.25, -0.2) is 4.98 Å². The third-order valence-corrected chi connectivity index (χ3v) is 5.12. The smallest absolute Gasteiger partial charge is 0.406 e. The van der Waals surface area contributed by atoms with E-state index in [0.29, 0.717) is 39.2 Å². The predicted octanol–water partition coefficient (Wildman–Crippen LogP) is 6.53. The van der Waals surface area contributed by atoms with Crippen LogP contribution >= 0.6 is 0 Å². The second-order valence-corrected chi connectivity index (χ2v) is 7.10. The molecule has 152 valence electrons. The summed E-state index contributed by atoms with van der Waals surface area (Å²) < 4.78 is 42.1. The number of aromatic nitrogens is 1. The maximum atomic E-state index is 13.2. The van der Waals surface area contributed by atoms with Gasteiger partial charge in [0.05, 0.1) is 17.0 Å². The van der Waals surface area contributed by atoms with Crippen LogP contribution in [0.4, 0.5) is 13.2 Å². The van der Waals surface area contributed by atoms with Gasteiger partial charge in [-0.1, -0.05) is 66.7 Å². The standard InChI is InChI=1S/C25H14F3NO2/c26-25(27,28)31-17-10-6-9-16(13-17)21-14-20(15-7-2-1-3-8-15)22-23(29-21)18-11-4-5-12-19(18)24(22)30/h1-14H. The summed E-state index contributed by atoms with van der Waals surface area (Å²) in [5, 5.41) is 0. The molecule has 3 nitrogen and oxygen atoms in total. The van der Waals surface area contributed by atoms with Crippen LogP contribution in [0, 0.1) is 0 Å². The van der Waals surface area contributed by atoms with Crippen molar-refractivity contribution < 1.29 is 22.7 Å². The molecule has 3 aromatic carbocycles. The molecule has 0 unspecified atom stereocenters. The highest BCUT2D eigenvalue weighted by atomic mass is 19.4. The lowest BCUT2D eigenvalue weighted by molar-refractivity contribution is -0.274. The van der Waals surface area contributed by atoms with Gasteiger partial charge in [0.15, 0.2) is 5.78 Å². The van der Waals surface area contributed by atoms with Crippen LogP contribution in [0.2, 0.25) is 0 Å². The summed E-state index contributed by atoms with van der Waals surface area (Å²) in [6, 6.07) is 24.0. The third kappa shape index (κ3) is 3.46. The number of carbonyl (C=O) groups is 1. The van der Waals surface area contributed by atoms with Gasteiger partial charge in [-0.15, -0.1) is 13.2 Å². The second kappa shape index (κ2) is 7.09. The van der Waals surface area contributed by atoms with Gasteiger partial charge < -0.3 is 4.74 Å². The fourth-order valence-electron chi connectivity index (χ4n) is 3.84. The van der Waals surface area contributed by atoms with Gasteiger partial charge in [0.2, 0.25) is 0 Å². The second-order valence-electron chi connectivity index (χ2n) is 7.10. The Morgan fingerprint density at radius 2 is 1.39 bits per heavy atom. The molecule has 0 bridgehead atoms. The first-order chi connectivity index (χ1) is 14.9. The van der Waals surface area contributed by atoms with Crippen molar-refractivity contribution in [3.8, 4) is 39.4 Å². The van der Waals surface area contributed by atoms with Crippen molar-refractivity contribution in [2.45, 2.75) is 6.36 Å². The molecule has 4 aromatic rings. The van der Waals surface area contributed by atoms with E-state index in [4.69, 9.17) is 0 Å². The first-order valence-corrected chi connectivity index (χ1v) is 9.51. The number of nitrogens with zero attached hydrogens (tertiary/aromatic N) is 1. The van der Waals surface area contributed by atoms with E-state index in [1.54, 1.807) is 24.3 Å². The summed E-state index contributed by atoms with van der Waals surface area (Å²) in [5.74, 6) is -0.442. The number of pyridine rings is 1. The van der Waals surface area contributed by atoms with Gasteiger partial charge in [-0.3, -0.25) is 4.79 Å². The molecule has 1 aliphatic rings. The number of carbonyl (C=O) groups excluding carboxylic acids is 1. The molecule has 1 heterocycles. The zero-order valence-electron chi connectivity index (χ0n) is 16.0. The average Bonchev–Trinajstić information content (AvgIpc) is 3.05. The molecule has 5 rings (SSSR count). The van der Waals surface area contributed by atoms with Gasteiger partial charge in [0.1, 0.15) is 5.75 Å². The SMILES string of the molecule is O=C1c2ccccc2-c2nc(-c3cccc(OC(F)(F)F)c3)cc(-c3ccccc3)c21. The number of alkyl halides is 3. The van der Waals surface area contributed by atoms with E-state index in [1.807, 2.05) is 42.5 Å². The number of halogens is 3. The van der Waals surface area contributed by atoms with Crippen LogP contribution in [0.25, 0.3) is 33.6 Å². The molecule has 0 fully saturated rings. The molecular formula is C25H14F3NO2. The highest BCUT2D eigenvalue weighted by Gasteiger charge is 2.33. The summed E-state index contributed by atoms with van der Waals surface area (Å²) in [6.45, 7) is 0. The lowest BCUT2D eigenvalue weighted by Gasteiger charge is -2.13. The van der Waals surface area contributed by atoms with Crippen molar-refractivity contribution in [1.29, 1.82) is 0 Å². The van der Waals surface area contributed by atoms with E-state index in [2.05, 4.69) is 9.72 Å². The van der Waals surface area contributed by atoms with E-state index in [1.165, 1.54) is 18.2 Å². The largest absolute Gasteiger partial charge is 0.573 e. The summed E-state index contributed by atoms with van der Waals surface area (Å²) in [5.41, 5.74) is 4.72. The topological polar surface area (TPSA) is 39.2 Å². The first kappa shape index (κ1) is 19.1. The molecule has 0 aliphatic heterocycles. The molecule has 31 heavy (non-hydrogen) atoms.